The van der Waals surface area contributed by atoms with Crippen molar-refractivity contribution in [3.63, 3.8) is 0 Å². The van der Waals surface area contributed by atoms with E-state index in [1.165, 1.54) is 15.5 Å². The first-order chi connectivity index (χ1) is 8.24. The van der Waals surface area contributed by atoms with Gasteiger partial charge in [0.25, 0.3) is 5.56 Å². The average Bonchev–Trinajstić information content (AvgIpc) is 2.68. The van der Waals surface area contributed by atoms with Crippen LogP contribution in [0.2, 0.25) is 0 Å². The molecule has 0 amide bonds. The predicted molar refractivity (Wildman–Crippen MR) is 70.9 cm³/mol. The van der Waals surface area contributed by atoms with Crippen molar-refractivity contribution in [1.29, 1.82) is 0 Å². The molecule has 17 heavy (non-hydrogen) atoms. The molecule has 0 N–H and O–H groups in total. The van der Waals surface area contributed by atoms with Gasteiger partial charge in [-0.2, -0.15) is 3.96 Å². The Bertz CT molecular complexity index is 582. The fraction of sp³-hybridized carbons (Fsp3) is 0.385. The third-order valence-electron chi connectivity index (χ3n) is 2.71. The van der Waals surface area contributed by atoms with Gasteiger partial charge in [0, 0.05) is 6.42 Å². The summed E-state index contributed by atoms with van der Waals surface area (Å²) in [6.45, 7) is 2.09. The number of fused-ring (bicyclic) bond motifs is 1. The first-order valence-corrected chi connectivity index (χ1v) is 6.65. The number of carbonyl (C=O) groups is 1. The number of unbranched alkanes of at least 4 members (excludes halogenated alkanes) is 2. The average molecular weight is 249 g/mol. The molecule has 0 atom stereocenters. The van der Waals surface area contributed by atoms with Crippen LogP contribution in [0.4, 0.5) is 0 Å². The SMILES string of the molecule is CCCCCC(=O)n1sc2ccccc2c1=O. The van der Waals surface area contributed by atoms with Crippen LogP contribution in [0.15, 0.2) is 29.1 Å². The molecule has 1 aromatic heterocycles. The number of carbonyl (C=O) groups excluding carboxylic acids is 1. The van der Waals surface area contributed by atoms with E-state index in [1.54, 1.807) is 6.07 Å². The second-order valence-corrected chi connectivity index (χ2v) is 5.03. The van der Waals surface area contributed by atoms with Crippen molar-refractivity contribution in [2.75, 3.05) is 0 Å². The summed E-state index contributed by atoms with van der Waals surface area (Å²) in [5.41, 5.74) is -0.174. The zero-order valence-corrected chi connectivity index (χ0v) is 10.6. The van der Waals surface area contributed by atoms with Crippen molar-refractivity contribution in [2.45, 2.75) is 32.6 Å². The summed E-state index contributed by atoms with van der Waals surface area (Å²) in [6, 6.07) is 7.34. The van der Waals surface area contributed by atoms with Gasteiger partial charge < -0.3 is 0 Å². The summed E-state index contributed by atoms with van der Waals surface area (Å²) >= 11 is 1.24. The number of nitrogens with zero attached hydrogens (tertiary/aromatic N) is 1. The van der Waals surface area contributed by atoms with Gasteiger partial charge >= 0.3 is 0 Å². The Morgan fingerprint density at radius 2 is 2.06 bits per heavy atom. The van der Waals surface area contributed by atoms with Crippen molar-refractivity contribution in [1.82, 2.24) is 3.96 Å². The van der Waals surface area contributed by atoms with Gasteiger partial charge in [0.15, 0.2) is 0 Å². The number of aromatic nitrogens is 1. The Hall–Kier alpha value is -1.42. The topological polar surface area (TPSA) is 39.1 Å². The molecule has 0 radical (unpaired) electrons. The van der Waals surface area contributed by atoms with Crippen LogP contribution in [0.5, 0.6) is 0 Å². The van der Waals surface area contributed by atoms with Crippen LogP contribution in [0.3, 0.4) is 0 Å². The summed E-state index contributed by atoms with van der Waals surface area (Å²) in [4.78, 5) is 23.8. The lowest BCUT2D eigenvalue weighted by molar-refractivity contribution is 0.0909. The first-order valence-electron chi connectivity index (χ1n) is 5.88. The van der Waals surface area contributed by atoms with E-state index < -0.39 is 0 Å². The Morgan fingerprint density at radius 3 is 2.76 bits per heavy atom. The van der Waals surface area contributed by atoms with Gasteiger partial charge in [0.2, 0.25) is 5.91 Å². The van der Waals surface area contributed by atoms with Gasteiger partial charge in [-0.15, -0.1) is 0 Å². The van der Waals surface area contributed by atoms with Gasteiger partial charge in [-0.3, -0.25) is 9.59 Å². The third-order valence-corrected chi connectivity index (χ3v) is 3.82. The molecule has 3 nitrogen and oxygen atoms in total. The molecule has 0 aliphatic heterocycles. The van der Waals surface area contributed by atoms with Crippen molar-refractivity contribution in [3.05, 3.63) is 34.6 Å². The van der Waals surface area contributed by atoms with Crippen molar-refractivity contribution in [3.8, 4) is 0 Å². The largest absolute Gasteiger partial charge is 0.275 e. The van der Waals surface area contributed by atoms with Gasteiger partial charge in [0.05, 0.1) is 10.1 Å². The maximum atomic E-state index is 12.0. The van der Waals surface area contributed by atoms with Crippen LogP contribution in [-0.4, -0.2) is 9.86 Å². The standard InChI is InChI=1S/C13H15NO2S/c1-2-3-4-9-12(15)14-13(16)10-7-5-6-8-11(10)17-14/h5-8H,2-4,9H2,1H3. The van der Waals surface area contributed by atoms with E-state index in [-0.39, 0.29) is 11.5 Å². The lowest BCUT2D eigenvalue weighted by Gasteiger charge is -1.98. The molecular formula is C13H15NO2S. The molecule has 0 saturated heterocycles. The molecule has 2 rings (SSSR count). The molecule has 90 valence electrons. The summed E-state index contributed by atoms with van der Waals surface area (Å²) in [5.74, 6) is -0.0790. The fourth-order valence-electron chi connectivity index (χ4n) is 1.76. The van der Waals surface area contributed by atoms with E-state index in [2.05, 4.69) is 6.92 Å². The van der Waals surface area contributed by atoms with Gasteiger partial charge in [-0.25, -0.2) is 0 Å². The van der Waals surface area contributed by atoms with E-state index in [0.717, 1.165) is 24.0 Å². The maximum Gasteiger partial charge on any atom is 0.275 e. The number of hydrogen-bond acceptors (Lipinski definition) is 3. The van der Waals surface area contributed by atoms with Gasteiger partial charge in [-0.1, -0.05) is 31.9 Å². The lowest BCUT2D eigenvalue weighted by Crippen LogP contribution is -2.20. The van der Waals surface area contributed by atoms with Crippen molar-refractivity contribution in [2.24, 2.45) is 0 Å². The fourth-order valence-corrected chi connectivity index (χ4v) is 2.73. The molecule has 0 aliphatic carbocycles. The van der Waals surface area contributed by atoms with Crippen LogP contribution in [-0.2, 0) is 0 Å². The van der Waals surface area contributed by atoms with E-state index in [1.807, 2.05) is 18.2 Å². The van der Waals surface area contributed by atoms with Gasteiger partial charge in [0.1, 0.15) is 0 Å². The normalized spacial score (nSPS) is 10.9. The molecule has 1 heterocycles. The Balaban J connectivity index is 2.27. The van der Waals surface area contributed by atoms with Crippen LogP contribution < -0.4 is 5.56 Å². The van der Waals surface area contributed by atoms with Gasteiger partial charge in [-0.05, 0) is 30.1 Å². The second-order valence-electron chi connectivity index (χ2n) is 4.04. The zero-order chi connectivity index (χ0) is 12.3. The Morgan fingerprint density at radius 1 is 1.29 bits per heavy atom. The summed E-state index contributed by atoms with van der Waals surface area (Å²) in [7, 11) is 0. The van der Waals surface area contributed by atoms with Crippen LogP contribution >= 0.6 is 11.5 Å². The van der Waals surface area contributed by atoms with Crippen LogP contribution in [0.25, 0.3) is 10.1 Å². The number of rotatable bonds is 4. The number of benzene rings is 1. The highest BCUT2D eigenvalue weighted by Crippen LogP contribution is 2.16. The highest BCUT2D eigenvalue weighted by atomic mass is 32.1. The van der Waals surface area contributed by atoms with Crippen molar-refractivity contribution >= 4 is 27.5 Å². The molecule has 4 heteroatoms. The molecule has 0 unspecified atom stereocenters. The summed E-state index contributed by atoms with van der Waals surface area (Å²) < 4.78 is 2.17. The molecule has 0 spiro atoms. The minimum absolute atomic E-state index is 0.0790. The monoisotopic (exact) mass is 249 g/mol. The Labute approximate surface area is 104 Å². The predicted octanol–water partition coefficient (Wildman–Crippen LogP) is 3.28. The molecule has 0 aliphatic rings. The van der Waals surface area contributed by atoms with Crippen LogP contribution in [0, 0.1) is 0 Å². The molecule has 0 fully saturated rings. The maximum absolute atomic E-state index is 12.0. The van der Waals surface area contributed by atoms with E-state index >= 15 is 0 Å². The highest BCUT2D eigenvalue weighted by Gasteiger charge is 2.12. The number of hydrogen-bond donors (Lipinski definition) is 0. The van der Waals surface area contributed by atoms with Crippen LogP contribution in [0.1, 0.15) is 37.4 Å². The zero-order valence-electron chi connectivity index (χ0n) is 9.81. The summed E-state index contributed by atoms with van der Waals surface area (Å²) in [6.07, 6.45) is 3.43. The van der Waals surface area contributed by atoms with E-state index in [9.17, 15) is 9.59 Å². The van der Waals surface area contributed by atoms with E-state index in [4.69, 9.17) is 0 Å². The smallest absolute Gasteiger partial charge is 0.273 e. The summed E-state index contributed by atoms with van der Waals surface area (Å²) in [5, 5.41) is 0.640. The van der Waals surface area contributed by atoms with E-state index in [0.29, 0.717) is 11.8 Å². The lowest BCUT2D eigenvalue weighted by atomic mass is 10.2. The quantitative estimate of drug-likeness (QED) is 0.780. The highest BCUT2D eigenvalue weighted by molar-refractivity contribution is 7.14. The molecular weight excluding hydrogens is 234 g/mol. The molecule has 2 aromatic rings. The molecule has 0 bridgehead atoms. The Kier molecular flexibility index (Phi) is 3.74. The minimum Gasteiger partial charge on any atom is -0.273 e. The van der Waals surface area contributed by atoms with Crippen molar-refractivity contribution < 1.29 is 4.79 Å². The first kappa shape index (κ1) is 12.0. The minimum atomic E-state index is -0.174. The molecule has 0 saturated carbocycles. The second kappa shape index (κ2) is 5.27. The third kappa shape index (κ3) is 2.47. The molecule has 1 aromatic carbocycles.